The maximum absolute atomic E-state index is 5.65. The lowest BCUT2D eigenvalue weighted by atomic mass is 10.1. The molecule has 112 valence electrons. The number of nitrogens with two attached hydrogens (primary N) is 1. The van der Waals surface area contributed by atoms with Crippen molar-refractivity contribution in [2.24, 2.45) is 5.73 Å². The van der Waals surface area contributed by atoms with Gasteiger partial charge < -0.3 is 21.3 Å². The van der Waals surface area contributed by atoms with E-state index in [1.54, 1.807) is 0 Å². The molecule has 4 N–H and O–H groups in total. The SMILES string of the molecule is CCN1CCC(NCCNc2cccc(CN)c2)CC1. The van der Waals surface area contributed by atoms with E-state index in [0.717, 1.165) is 18.8 Å². The molecular formula is C16H28N4. The van der Waals surface area contributed by atoms with E-state index in [1.807, 2.05) is 0 Å². The number of anilines is 1. The fourth-order valence-corrected chi connectivity index (χ4v) is 2.74. The van der Waals surface area contributed by atoms with Gasteiger partial charge in [-0.25, -0.2) is 0 Å². The predicted octanol–water partition coefficient (Wildman–Crippen LogP) is 1.63. The van der Waals surface area contributed by atoms with Gasteiger partial charge in [0.25, 0.3) is 0 Å². The minimum absolute atomic E-state index is 0.601. The molecule has 0 radical (unpaired) electrons. The predicted molar refractivity (Wildman–Crippen MR) is 86.0 cm³/mol. The molecule has 20 heavy (non-hydrogen) atoms. The Morgan fingerprint density at radius 3 is 2.75 bits per heavy atom. The van der Waals surface area contributed by atoms with Crippen molar-refractivity contribution in [1.82, 2.24) is 10.2 Å². The summed E-state index contributed by atoms with van der Waals surface area (Å²) in [6, 6.07) is 9.03. The van der Waals surface area contributed by atoms with Crippen molar-refractivity contribution in [3.05, 3.63) is 29.8 Å². The van der Waals surface area contributed by atoms with Crippen molar-refractivity contribution in [3.63, 3.8) is 0 Å². The molecule has 2 rings (SSSR count). The zero-order valence-electron chi connectivity index (χ0n) is 12.6. The lowest BCUT2D eigenvalue weighted by molar-refractivity contribution is 0.207. The first-order chi connectivity index (χ1) is 9.81. The standard InChI is InChI=1S/C16H28N4/c1-2-20-10-6-15(7-11-20)18-8-9-19-16-5-3-4-14(12-16)13-17/h3-5,12,15,18-19H,2,6-11,13,17H2,1H3. The van der Waals surface area contributed by atoms with E-state index in [4.69, 9.17) is 5.73 Å². The van der Waals surface area contributed by atoms with Crippen LogP contribution in [0.2, 0.25) is 0 Å². The first-order valence-corrected chi connectivity index (χ1v) is 7.80. The second-order valence-corrected chi connectivity index (χ2v) is 5.49. The van der Waals surface area contributed by atoms with E-state index in [1.165, 1.54) is 38.0 Å². The molecule has 4 heteroatoms. The average Bonchev–Trinajstić information content (AvgIpc) is 2.52. The van der Waals surface area contributed by atoms with Gasteiger partial charge in [0.2, 0.25) is 0 Å². The van der Waals surface area contributed by atoms with Gasteiger partial charge in [-0.1, -0.05) is 19.1 Å². The summed E-state index contributed by atoms with van der Waals surface area (Å²) in [6.07, 6.45) is 2.55. The van der Waals surface area contributed by atoms with E-state index in [2.05, 4.69) is 46.7 Å². The number of nitrogens with zero attached hydrogens (tertiary/aromatic N) is 1. The quantitative estimate of drug-likeness (QED) is 0.663. The Morgan fingerprint density at radius 2 is 2.05 bits per heavy atom. The molecule has 1 aromatic carbocycles. The monoisotopic (exact) mass is 276 g/mol. The Bertz CT molecular complexity index is 386. The topological polar surface area (TPSA) is 53.3 Å². The maximum Gasteiger partial charge on any atom is 0.0343 e. The summed E-state index contributed by atoms with van der Waals surface area (Å²) in [5.41, 5.74) is 7.99. The van der Waals surface area contributed by atoms with Crippen LogP contribution in [0.3, 0.4) is 0 Å². The highest BCUT2D eigenvalue weighted by atomic mass is 15.1. The fourth-order valence-electron chi connectivity index (χ4n) is 2.74. The van der Waals surface area contributed by atoms with Crippen LogP contribution in [0.15, 0.2) is 24.3 Å². The highest BCUT2D eigenvalue weighted by molar-refractivity contribution is 5.45. The van der Waals surface area contributed by atoms with Crippen molar-refractivity contribution in [3.8, 4) is 0 Å². The Hall–Kier alpha value is -1.10. The van der Waals surface area contributed by atoms with Crippen LogP contribution in [0, 0.1) is 0 Å². The van der Waals surface area contributed by atoms with E-state index >= 15 is 0 Å². The summed E-state index contributed by atoms with van der Waals surface area (Å²) < 4.78 is 0. The van der Waals surface area contributed by atoms with Crippen LogP contribution in [0.25, 0.3) is 0 Å². The zero-order valence-corrected chi connectivity index (χ0v) is 12.6. The van der Waals surface area contributed by atoms with Gasteiger partial charge in [0, 0.05) is 31.4 Å². The van der Waals surface area contributed by atoms with Crippen molar-refractivity contribution in [1.29, 1.82) is 0 Å². The normalized spacial score (nSPS) is 17.3. The summed E-state index contributed by atoms with van der Waals surface area (Å²) in [5.74, 6) is 0. The van der Waals surface area contributed by atoms with Crippen molar-refractivity contribution >= 4 is 5.69 Å². The maximum atomic E-state index is 5.65. The summed E-state index contributed by atoms with van der Waals surface area (Å²) in [6.45, 7) is 8.48. The number of piperidine rings is 1. The Kier molecular flexibility index (Phi) is 6.30. The third-order valence-electron chi connectivity index (χ3n) is 4.08. The highest BCUT2D eigenvalue weighted by Crippen LogP contribution is 2.10. The second kappa shape index (κ2) is 8.25. The Morgan fingerprint density at radius 1 is 1.25 bits per heavy atom. The van der Waals surface area contributed by atoms with E-state index in [-0.39, 0.29) is 0 Å². The van der Waals surface area contributed by atoms with E-state index < -0.39 is 0 Å². The van der Waals surface area contributed by atoms with Crippen LogP contribution in [-0.4, -0.2) is 43.7 Å². The number of hydrogen-bond acceptors (Lipinski definition) is 4. The number of hydrogen-bond donors (Lipinski definition) is 3. The van der Waals surface area contributed by atoms with Crippen LogP contribution >= 0.6 is 0 Å². The molecule has 0 unspecified atom stereocenters. The van der Waals surface area contributed by atoms with Gasteiger partial charge in [-0.3, -0.25) is 0 Å². The number of rotatable bonds is 7. The largest absolute Gasteiger partial charge is 0.384 e. The molecule has 1 aromatic rings. The molecule has 1 saturated heterocycles. The minimum Gasteiger partial charge on any atom is -0.384 e. The third kappa shape index (κ3) is 4.78. The first-order valence-electron chi connectivity index (χ1n) is 7.80. The molecule has 0 atom stereocenters. The lowest BCUT2D eigenvalue weighted by Gasteiger charge is -2.31. The molecule has 0 spiro atoms. The molecular weight excluding hydrogens is 248 g/mol. The average molecular weight is 276 g/mol. The van der Waals surface area contributed by atoms with Crippen molar-refractivity contribution < 1.29 is 0 Å². The summed E-state index contributed by atoms with van der Waals surface area (Å²) in [7, 11) is 0. The number of likely N-dealkylation sites (tertiary alicyclic amines) is 1. The van der Waals surface area contributed by atoms with E-state index in [0.29, 0.717) is 12.6 Å². The Labute approximate surface area is 122 Å². The van der Waals surface area contributed by atoms with Crippen LogP contribution in [0.5, 0.6) is 0 Å². The minimum atomic E-state index is 0.601. The molecule has 0 saturated carbocycles. The molecule has 0 aromatic heterocycles. The van der Waals surface area contributed by atoms with E-state index in [9.17, 15) is 0 Å². The van der Waals surface area contributed by atoms with Gasteiger partial charge in [-0.05, 0) is 50.2 Å². The zero-order chi connectivity index (χ0) is 14.2. The number of nitrogens with one attached hydrogen (secondary N) is 2. The van der Waals surface area contributed by atoms with Gasteiger partial charge in [0.05, 0.1) is 0 Å². The van der Waals surface area contributed by atoms with Gasteiger partial charge in [-0.15, -0.1) is 0 Å². The molecule has 0 aliphatic carbocycles. The number of benzene rings is 1. The van der Waals surface area contributed by atoms with Crippen molar-refractivity contribution in [2.45, 2.75) is 32.4 Å². The van der Waals surface area contributed by atoms with Crippen LogP contribution < -0.4 is 16.4 Å². The van der Waals surface area contributed by atoms with Gasteiger partial charge in [0.1, 0.15) is 0 Å². The van der Waals surface area contributed by atoms with Crippen molar-refractivity contribution in [2.75, 3.05) is 38.0 Å². The first kappa shape index (κ1) is 15.3. The van der Waals surface area contributed by atoms with Crippen LogP contribution in [0.4, 0.5) is 5.69 Å². The molecule has 1 fully saturated rings. The fraction of sp³-hybridized carbons (Fsp3) is 0.625. The molecule has 1 heterocycles. The molecule has 0 amide bonds. The molecule has 0 bridgehead atoms. The van der Waals surface area contributed by atoms with Gasteiger partial charge in [0.15, 0.2) is 0 Å². The summed E-state index contributed by atoms with van der Waals surface area (Å²) in [5, 5.41) is 7.10. The van der Waals surface area contributed by atoms with Gasteiger partial charge in [-0.2, -0.15) is 0 Å². The highest BCUT2D eigenvalue weighted by Gasteiger charge is 2.16. The van der Waals surface area contributed by atoms with Gasteiger partial charge >= 0.3 is 0 Å². The summed E-state index contributed by atoms with van der Waals surface area (Å²) in [4.78, 5) is 2.52. The van der Waals surface area contributed by atoms with Crippen LogP contribution in [0.1, 0.15) is 25.3 Å². The van der Waals surface area contributed by atoms with Crippen LogP contribution in [-0.2, 0) is 6.54 Å². The summed E-state index contributed by atoms with van der Waals surface area (Å²) >= 11 is 0. The molecule has 1 aliphatic rings. The molecule has 4 nitrogen and oxygen atoms in total. The second-order valence-electron chi connectivity index (χ2n) is 5.49. The lowest BCUT2D eigenvalue weighted by Crippen LogP contribution is -2.43. The Balaban J connectivity index is 1.62. The third-order valence-corrected chi connectivity index (χ3v) is 4.08. The smallest absolute Gasteiger partial charge is 0.0343 e. The molecule has 1 aliphatic heterocycles.